The molecule has 4 rings (SSSR count). The molecule has 7 nitrogen and oxygen atoms in total. The van der Waals surface area contributed by atoms with E-state index in [-0.39, 0.29) is 18.9 Å². The second-order valence-electron chi connectivity index (χ2n) is 8.77. The van der Waals surface area contributed by atoms with Gasteiger partial charge in [-0.3, -0.25) is 4.79 Å². The molecule has 1 aromatic rings. The lowest BCUT2D eigenvalue weighted by Gasteiger charge is -2.36. The fraction of sp³-hybridized carbons (Fsp3) is 0.423. The standard InChI is InChI=1S/C26H32N4O3S/c1-4-14-33-25(32)23-19(3)28-26-30(24(23)20-9-7-8-18(2)15-20)21(17-34-26)16-22(31)27-10-13-29-11-5-6-12-29/h4,7-9,15,17,24H,1,5-6,10-14,16H2,2-3H3,(H,27,31). The van der Waals surface area contributed by atoms with Gasteiger partial charge in [0.2, 0.25) is 5.91 Å². The van der Waals surface area contributed by atoms with Crippen LogP contribution in [0.15, 0.2) is 64.3 Å². The number of amides is 1. The van der Waals surface area contributed by atoms with Crippen molar-refractivity contribution in [2.45, 2.75) is 39.2 Å². The number of carbonyl (C=O) groups excluding carboxylic acids is 2. The number of nitrogens with one attached hydrogen (secondary N) is 1. The van der Waals surface area contributed by atoms with Crippen LogP contribution in [0.1, 0.15) is 43.4 Å². The van der Waals surface area contributed by atoms with E-state index in [0.717, 1.165) is 41.6 Å². The first-order chi connectivity index (χ1) is 16.5. The van der Waals surface area contributed by atoms with Crippen LogP contribution in [0.3, 0.4) is 0 Å². The number of carbonyl (C=O) groups is 2. The molecule has 1 amide bonds. The van der Waals surface area contributed by atoms with Crippen molar-refractivity contribution in [2.75, 3.05) is 32.8 Å². The first-order valence-corrected chi connectivity index (χ1v) is 12.6. The Bertz CT molecular complexity index is 1060. The highest BCUT2D eigenvalue weighted by Gasteiger charge is 2.41. The fourth-order valence-electron chi connectivity index (χ4n) is 4.59. The molecule has 0 aliphatic carbocycles. The summed E-state index contributed by atoms with van der Waals surface area (Å²) in [5.41, 5.74) is 3.99. The van der Waals surface area contributed by atoms with Crippen molar-refractivity contribution in [3.05, 3.63) is 70.4 Å². The van der Waals surface area contributed by atoms with E-state index in [1.165, 1.54) is 24.6 Å². The van der Waals surface area contributed by atoms with Gasteiger partial charge in [0.15, 0.2) is 5.17 Å². The summed E-state index contributed by atoms with van der Waals surface area (Å²) in [6.45, 7) is 11.4. The number of fused-ring (bicyclic) bond motifs is 1. The Balaban J connectivity index is 1.55. The van der Waals surface area contributed by atoms with Gasteiger partial charge < -0.3 is 19.9 Å². The van der Waals surface area contributed by atoms with E-state index in [1.807, 2.05) is 42.4 Å². The van der Waals surface area contributed by atoms with Crippen molar-refractivity contribution in [1.29, 1.82) is 0 Å². The number of aryl methyl sites for hydroxylation is 1. The molecule has 0 saturated carbocycles. The summed E-state index contributed by atoms with van der Waals surface area (Å²) in [4.78, 5) is 35.0. The number of hydrogen-bond acceptors (Lipinski definition) is 7. The van der Waals surface area contributed by atoms with Gasteiger partial charge in [-0.2, -0.15) is 0 Å². The van der Waals surface area contributed by atoms with Gasteiger partial charge in [0, 0.05) is 18.8 Å². The highest BCUT2D eigenvalue weighted by Crippen LogP contribution is 2.44. The minimum Gasteiger partial charge on any atom is -0.458 e. The maximum absolute atomic E-state index is 13.1. The topological polar surface area (TPSA) is 74.2 Å². The maximum atomic E-state index is 13.1. The fourth-order valence-corrected chi connectivity index (χ4v) is 5.55. The molecule has 0 bridgehead atoms. The molecule has 1 atom stereocenters. The SMILES string of the molecule is C=CCOC(=O)C1=C(C)N=C2SC=C(CC(=O)NCCN3CCCC3)N2C1c1cccc(C)c1. The van der Waals surface area contributed by atoms with Crippen molar-refractivity contribution in [1.82, 2.24) is 15.1 Å². The summed E-state index contributed by atoms with van der Waals surface area (Å²) in [5, 5.41) is 5.79. The average Bonchev–Trinajstić information content (AvgIpc) is 3.47. The third-order valence-corrected chi connectivity index (χ3v) is 7.09. The van der Waals surface area contributed by atoms with Crippen LogP contribution in [0.25, 0.3) is 0 Å². The van der Waals surface area contributed by atoms with Crippen LogP contribution in [0.5, 0.6) is 0 Å². The third kappa shape index (κ3) is 5.45. The molecule has 1 aromatic carbocycles. The van der Waals surface area contributed by atoms with E-state index in [2.05, 4.69) is 22.9 Å². The molecule has 0 radical (unpaired) electrons. The van der Waals surface area contributed by atoms with Gasteiger partial charge in [-0.1, -0.05) is 54.2 Å². The highest BCUT2D eigenvalue weighted by atomic mass is 32.2. The molecule has 3 heterocycles. The minimum absolute atomic E-state index is 0.0302. The van der Waals surface area contributed by atoms with Crippen molar-refractivity contribution in [3.8, 4) is 0 Å². The number of thioether (sulfide) groups is 1. The summed E-state index contributed by atoms with van der Waals surface area (Å²) in [5.74, 6) is -0.449. The Morgan fingerprint density at radius 2 is 2.09 bits per heavy atom. The van der Waals surface area contributed by atoms with Crippen LogP contribution in [0, 0.1) is 6.92 Å². The van der Waals surface area contributed by atoms with E-state index in [4.69, 9.17) is 9.73 Å². The first kappa shape index (κ1) is 24.3. The second-order valence-corrected chi connectivity index (χ2v) is 9.61. The molecule has 34 heavy (non-hydrogen) atoms. The van der Waals surface area contributed by atoms with E-state index in [1.54, 1.807) is 6.08 Å². The molecule has 0 aromatic heterocycles. The number of esters is 1. The van der Waals surface area contributed by atoms with Crippen LogP contribution in [-0.4, -0.2) is 59.6 Å². The quantitative estimate of drug-likeness (QED) is 0.427. The normalized spacial score (nSPS) is 20.1. The molecular formula is C26H32N4O3S. The number of hydrogen-bond donors (Lipinski definition) is 1. The molecule has 1 unspecified atom stereocenters. The first-order valence-electron chi connectivity index (χ1n) is 11.8. The Morgan fingerprint density at radius 3 is 2.82 bits per heavy atom. The summed E-state index contributed by atoms with van der Waals surface area (Å²) in [6.07, 6.45) is 4.25. The molecule has 1 saturated heterocycles. The highest BCUT2D eigenvalue weighted by molar-refractivity contribution is 8.16. The predicted molar refractivity (Wildman–Crippen MR) is 136 cm³/mol. The van der Waals surface area contributed by atoms with E-state index in [0.29, 0.717) is 17.8 Å². The van der Waals surface area contributed by atoms with E-state index < -0.39 is 12.0 Å². The summed E-state index contributed by atoms with van der Waals surface area (Å²) in [7, 11) is 0. The van der Waals surface area contributed by atoms with Gasteiger partial charge in [0.05, 0.1) is 23.7 Å². The molecule has 1 N–H and O–H groups in total. The van der Waals surface area contributed by atoms with Crippen LogP contribution in [0.4, 0.5) is 0 Å². The number of nitrogens with zero attached hydrogens (tertiary/aromatic N) is 3. The lowest BCUT2D eigenvalue weighted by atomic mass is 9.93. The Labute approximate surface area is 205 Å². The Morgan fingerprint density at radius 1 is 1.29 bits per heavy atom. The van der Waals surface area contributed by atoms with Crippen LogP contribution >= 0.6 is 11.8 Å². The lowest BCUT2D eigenvalue weighted by molar-refractivity contribution is -0.138. The number of rotatable bonds is 9. The smallest absolute Gasteiger partial charge is 0.338 e. The van der Waals surface area contributed by atoms with Crippen LogP contribution < -0.4 is 5.32 Å². The molecule has 0 spiro atoms. The summed E-state index contributed by atoms with van der Waals surface area (Å²) in [6, 6.07) is 7.67. The minimum atomic E-state index is -0.418. The number of amidine groups is 1. The van der Waals surface area contributed by atoms with Gasteiger partial charge in [-0.25, -0.2) is 9.79 Å². The van der Waals surface area contributed by atoms with E-state index in [9.17, 15) is 9.59 Å². The zero-order chi connectivity index (χ0) is 24.1. The van der Waals surface area contributed by atoms with Crippen LogP contribution in [-0.2, 0) is 14.3 Å². The molecule has 3 aliphatic heterocycles. The monoisotopic (exact) mass is 480 g/mol. The van der Waals surface area contributed by atoms with Crippen molar-refractivity contribution >= 4 is 28.8 Å². The lowest BCUT2D eigenvalue weighted by Crippen LogP contribution is -2.39. The van der Waals surface area contributed by atoms with Crippen molar-refractivity contribution in [3.63, 3.8) is 0 Å². The zero-order valence-electron chi connectivity index (χ0n) is 19.9. The molecule has 180 valence electrons. The molecular weight excluding hydrogens is 448 g/mol. The number of allylic oxidation sites excluding steroid dienone is 1. The molecule has 8 heteroatoms. The van der Waals surface area contributed by atoms with Gasteiger partial charge in [0.1, 0.15) is 6.61 Å². The molecule has 1 fully saturated rings. The van der Waals surface area contributed by atoms with Gasteiger partial charge >= 0.3 is 5.97 Å². The summed E-state index contributed by atoms with van der Waals surface area (Å²) >= 11 is 1.48. The van der Waals surface area contributed by atoms with Crippen LogP contribution in [0.2, 0.25) is 0 Å². The van der Waals surface area contributed by atoms with Crippen molar-refractivity contribution < 1.29 is 14.3 Å². The second kappa shape index (κ2) is 11.1. The van der Waals surface area contributed by atoms with E-state index >= 15 is 0 Å². The maximum Gasteiger partial charge on any atom is 0.338 e. The van der Waals surface area contributed by atoms with Gasteiger partial charge in [0.25, 0.3) is 0 Å². The van der Waals surface area contributed by atoms with Gasteiger partial charge in [-0.15, -0.1) is 0 Å². The Hall–Kier alpha value is -2.84. The third-order valence-electron chi connectivity index (χ3n) is 6.20. The zero-order valence-corrected chi connectivity index (χ0v) is 20.7. The molecule has 3 aliphatic rings. The number of likely N-dealkylation sites (tertiary alicyclic amines) is 1. The number of aliphatic imine (C=N–C) groups is 1. The number of benzene rings is 1. The predicted octanol–water partition coefficient (Wildman–Crippen LogP) is 3.90. The number of ether oxygens (including phenoxy) is 1. The largest absolute Gasteiger partial charge is 0.458 e. The van der Waals surface area contributed by atoms with Crippen molar-refractivity contribution in [2.24, 2.45) is 4.99 Å². The summed E-state index contributed by atoms with van der Waals surface area (Å²) < 4.78 is 5.43. The average molecular weight is 481 g/mol. The Kier molecular flexibility index (Phi) is 7.90. The van der Waals surface area contributed by atoms with Gasteiger partial charge in [-0.05, 0) is 50.8 Å².